The van der Waals surface area contributed by atoms with Gasteiger partial charge in [0, 0.05) is 24.5 Å². The van der Waals surface area contributed by atoms with E-state index >= 15 is 0 Å². The maximum atomic E-state index is 11.8. The second-order valence-electron chi connectivity index (χ2n) is 4.12. The van der Waals surface area contributed by atoms with Crippen LogP contribution in [0.15, 0.2) is 45.9 Å². The number of amides is 2. The van der Waals surface area contributed by atoms with Crippen LogP contribution in [0.25, 0.3) is 11.3 Å². The second-order valence-corrected chi connectivity index (χ2v) is 4.12. The number of carbonyl (C=O) groups excluding carboxylic acids is 1. The van der Waals surface area contributed by atoms with Crippen LogP contribution in [0.2, 0.25) is 0 Å². The van der Waals surface area contributed by atoms with Gasteiger partial charge < -0.3 is 15.1 Å². The highest BCUT2D eigenvalue weighted by Crippen LogP contribution is 2.17. The van der Waals surface area contributed by atoms with Crippen LogP contribution in [-0.2, 0) is 0 Å². The number of nitrogens with zero attached hydrogens (tertiary/aromatic N) is 1. The quantitative estimate of drug-likeness (QED) is 0.894. The van der Waals surface area contributed by atoms with Gasteiger partial charge in [-0.3, -0.25) is 4.98 Å². The fourth-order valence-corrected chi connectivity index (χ4v) is 1.58. The third kappa shape index (κ3) is 3.44. The van der Waals surface area contributed by atoms with Gasteiger partial charge in [-0.25, -0.2) is 9.59 Å². The van der Waals surface area contributed by atoms with Gasteiger partial charge in [-0.05, 0) is 30.7 Å². The molecule has 0 aromatic carbocycles. The summed E-state index contributed by atoms with van der Waals surface area (Å²) in [6, 6.07) is 6.24. The first-order valence-corrected chi connectivity index (χ1v) is 6.30. The Hall–Kier alpha value is -2.63. The largest absolute Gasteiger partial charge is 0.421 e. The molecule has 0 spiro atoms. The first-order valence-electron chi connectivity index (χ1n) is 6.30. The number of urea groups is 1. The summed E-state index contributed by atoms with van der Waals surface area (Å²) in [6.45, 7) is 2.49. The first-order chi connectivity index (χ1) is 9.70. The van der Waals surface area contributed by atoms with Gasteiger partial charge in [0.05, 0.1) is 0 Å². The zero-order valence-corrected chi connectivity index (χ0v) is 11.1. The van der Waals surface area contributed by atoms with E-state index in [9.17, 15) is 9.59 Å². The van der Waals surface area contributed by atoms with Gasteiger partial charge >= 0.3 is 11.7 Å². The highest BCUT2D eigenvalue weighted by Gasteiger charge is 2.08. The third-order valence-electron chi connectivity index (χ3n) is 2.55. The van der Waals surface area contributed by atoms with Crippen molar-refractivity contribution in [3.8, 4) is 11.3 Å². The zero-order valence-electron chi connectivity index (χ0n) is 11.1. The minimum absolute atomic E-state index is 0.103. The lowest BCUT2D eigenvalue weighted by Gasteiger charge is -2.06. The number of rotatable bonds is 4. The molecule has 0 aliphatic carbocycles. The molecular formula is C14H15N3O3. The molecule has 2 N–H and O–H groups in total. The number of carbonyl (C=O) groups is 1. The lowest BCUT2D eigenvalue weighted by Crippen LogP contribution is -2.31. The molecule has 0 atom stereocenters. The molecule has 0 saturated heterocycles. The van der Waals surface area contributed by atoms with Crippen LogP contribution in [0.5, 0.6) is 0 Å². The van der Waals surface area contributed by atoms with Crippen LogP contribution in [0.1, 0.15) is 13.3 Å². The van der Waals surface area contributed by atoms with Gasteiger partial charge in [0.15, 0.2) is 0 Å². The van der Waals surface area contributed by atoms with E-state index in [0.29, 0.717) is 17.9 Å². The zero-order chi connectivity index (χ0) is 14.4. The summed E-state index contributed by atoms with van der Waals surface area (Å²) in [5.41, 5.74) is 0.204. The van der Waals surface area contributed by atoms with Crippen molar-refractivity contribution in [3.63, 3.8) is 0 Å². The van der Waals surface area contributed by atoms with Crippen LogP contribution in [0.3, 0.4) is 0 Å². The average molecular weight is 273 g/mol. The molecule has 0 unspecified atom stereocenters. The predicted octanol–water partition coefficient (Wildman–Crippen LogP) is 2.23. The van der Waals surface area contributed by atoms with E-state index in [1.54, 1.807) is 30.6 Å². The Labute approximate surface area is 115 Å². The third-order valence-corrected chi connectivity index (χ3v) is 2.55. The van der Waals surface area contributed by atoms with Gasteiger partial charge in [-0.2, -0.15) is 0 Å². The minimum atomic E-state index is -0.599. The Morgan fingerprint density at radius 2 is 2.20 bits per heavy atom. The number of anilines is 1. The summed E-state index contributed by atoms with van der Waals surface area (Å²) in [6.07, 6.45) is 4.05. The summed E-state index contributed by atoms with van der Waals surface area (Å²) in [7, 11) is 0. The predicted molar refractivity (Wildman–Crippen MR) is 75.5 cm³/mol. The van der Waals surface area contributed by atoms with E-state index in [4.69, 9.17) is 4.42 Å². The van der Waals surface area contributed by atoms with Crippen LogP contribution >= 0.6 is 0 Å². The fraction of sp³-hybridized carbons (Fsp3) is 0.214. The van der Waals surface area contributed by atoms with E-state index in [0.717, 1.165) is 6.42 Å². The van der Waals surface area contributed by atoms with Crippen molar-refractivity contribution in [2.24, 2.45) is 0 Å². The molecule has 2 aromatic heterocycles. The molecule has 0 aliphatic rings. The van der Waals surface area contributed by atoms with Crippen LogP contribution < -0.4 is 16.3 Å². The summed E-state index contributed by atoms with van der Waals surface area (Å²) in [5.74, 6) is 0.405. The Morgan fingerprint density at radius 1 is 1.35 bits per heavy atom. The Bertz CT molecular complexity index is 638. The number of pyridine rings is 1. The molecule has 104 valence electrons. The minimum Gasteiger partial charge on any atom is -0.421 e. The molecule has 0 bridgehead atoms. The molecule has 0 aliphatic heterocycles. The molecule has 0 radical (unpaired) electrons. The van der Waals surface area contributed by atoms with Crippen molar-refractivity contribution in [2.75, 3.05) is 11.9 Å². The van der Waals surface area contributed by atoms with E-state index in [2.05, 4.69) is 15.6 Å². The molecular weight excluding hydrogens is 258 g/mol. The molecule has 2 heterocycles. The Balaban J connectivity index is 2.15. The van der Waals surface area contributed by atoms with E-state index in [1.165, 1.54) is 6.07 Å². The van der Waals surface area contributed by atoms with E-state index in [1.807, 2.05) is 6.92 Å². The van der Waals surface area contributed by atoms with Crippen molar-refractivity contribution in [1.82, 2.24) is 10.3 Å². The van der Waals surface area contributed by atoms with Crippen molar-refractivity contribution >= 4 is 11.7 Å². The average Bonchev–Trinajstić information content (AvgIpc) is 2.48. The molecule has 6 nitrogen and oxygen atoms in total. The smallest absolute Gasteiger partial charge is 0.360 e. The Kier molecular flexibility index (Phi) is 4.49. The summed E-state index contributed by atoms with van der Waals surface area (Å²) < 4.78 is 5.16. The highest BCUT2D eigenvalue weighted by molar-refractivity contribution is 5.88. The standard InChI is InChI=1S/C14H15N3O3/c1-2-7-16-14(19)17-11-5-6-12(20-13(11)18)10-4-3-8-15-9-10/h3-6,8-9H,2,7H2,1H3,(H2,16,17,19). The van der Waals surface area contributed by atoms with Crippen LogP contribution in [-0.4, -0.2) is 17.6 Å². The summed E-state index contributed by atoms with van der Waals surface area (Å²) >= 11 is 0. The molecule has 2 amide bonds. The fourth-order valence-electron chi connectivity index (χ4n) is 1.58. The van der Waals surface area contributed by atoms with Gasteiger partial charge in [0.2, 0.25) is 0 Å². The van der Waals surface area contributed by atoms with Crippen LogP contribution in [0, 0.1) is 0 Å². The van der Waals surface area contributed by atoms with Gasteiger partial charge in [0.1, 0.15) is 11.4 Å². The van der Waals surface area contributed by atoms with Gasteiger partial charge in [0.25, 0.3) is 0 Å². The van der Waals surface area contributed by atoms with Crippen LogP contribution in [0.4, 0.5) is 10.5 Å². The maximum Gasteiger partial charge on any atom is 0.360 e. The number of hydrogen-bond donors (Lipinski definition) is 2. The molecule has 0 saturated carbocycles. The Morgan fingerprint density at radius 3 is 2.85 bits per heavy atom. The van der Waals surface area contributed by atoms with Crippen molar-refractivity contribution in [2.45, 2.75) is 13.3 Å². The number of nitrogens with one attached hydrogen (secondary N) is 2. The van der Waals surface area contributed by atoms with Crippen molar-refractivity contribution in [1.29, 1.82) is 0 Å². The maximum absolute atomic E-state index is 11.8. The number of hydrogen-bond acceptors (Lipinski definition) is 4. The number of aromatic nitrogens is 1. The molecule has 6 heteroatoms. The normalized spacial score (nSPS) is 10.1. The SMILES string of the molecule is CCCNC(=O)Nc1ccc(-c2cccnc2)oc1=O. The van der Waals surface area contributed by atoms with Gasteiger partial charge in [-0.15, -0.1) is 0 Å². The summed E-state index contributed by atoms with van der Waals surface area (Å²) in [4.78, 5) is 27.2. The summed E-state index contributed by atoms with van der Waals surface area (Å²) in [5, 5.41) is 5.07. The second kappa shape index (κ2) is 6.51. The lowest BCUT2D eigenvalue weighted by atomic mass is 10.2. The van der Waals surface area contributed by atoms with Crippen molar-refractivity contribution < 1.29 is 9.21 Å². The first kappa shape index (κ1) is 13.8. The molecule has 20 heavy (non-hydrogen) atoms. The molecule has 2 aromatic rings. The molecule has 2 rings (SSSR count). The van der Waals surface area contributed by atoms with Crippen molar-refractivity contribution in [3.05, 3.63) is 47.1 Å². The highest BCUT2D eigenvalue weighted by atomic mass is 16.4. The molecule has 0 fully saturated rings. The lowest BCUT2D eigenvalue weighted by molar-refractivity contribution is 0.252. The van der Waals surface area contributed by atoms with Gasteiger partial charge in [-0.1, -0.05) is 6.92 Å². The topological polar surface area (TPSA) is 84.2 Å². The van der Waals surface area contributed by atoms with E-state index < -0.39 is 11.7 Å². The monoisotopic (exact) mass is 273 g/mol. The van der Waals surface area contributed by atoms with E-state index in [-0.39, 0.29) is 5.69 Å².